The summed E-state index contributed by atoms with van der Waals surface area (Å²) in [5.74, 6) is 0.807. The molecule has 0 radical (unpaired) electrons. The summed E-state index contributed by atoms with van der Waals surface area (Å²) in [6, 6.07) is 0. The Balaban J connectivity index is 1.52. The van der Waals surface area contributed by atoms with Gasteiger partial charge in [0.2, 0.25) is 17.9 Å². The summed E-state index contributed by atoms with van der Waals surface area (Å²) in [4.78, 5) is 29.5. The van der Waals surface area contributed by atoms with Crippen LogP contribution in [0.4, 0.5) is 0 Å². The lowest BCUT2D eigenvalue weighted by Gasteiger charge is -2.40. The maximum Gasteiger partial charge on any atom is 0.272 e. The molecule has 0 unspecified atom stereocenters. The minimum atomic E-state index is -0.840. The molecule has 27 heavy (non-hydrogen) atoms. The number of carbonyl (C=O) groups is 2. The Bertz CT molecular complexity index is 964. The van der Waals surface area contributed by atoms with Crippen LogP contribution in [0.15, 0.2) is 18.6 Å². The van der Waals surface area contributed by atoms with Crippen molar-refractivity contribution in [1.29, 1.82) is 0 Å². The second-order valence-electron chi connectivity index (χ2n) is 7.67. The molecular weight excluding hydrogens is 348 g/mol. The average Bonchev–Trinajstić information content (AvgIpc) is 3.12. The quantitative estimate of drug-likeness (QED) is 0.580. The lowest BCUT2D eigenvalue weighted by Crippen LogP contribution is -2.62. The fourth-order valence-corrected chi connectivity index (χ4v) is 4.40. The third-order valence-corrected chi connectivity index (χ3v) is 6.08. The van der Waals surface area contributed by atoms with E-state index in [0.29, 0.717) is 40.9 Å². The highest BCUT2D eigenvalue weighted by molar-refractivity contribution is 5.99. The molecule has 2 fully saturated rings. The van der Waals surface area contributed by atoms with Crippen LogP contribution in [0.5, 0.6) is 0 Å². The van der Waals surface area contributed by atoms with Crippen LogP contribution in [0.1, 0.15) is 53.3 Å². The predicted molar refractivity (Wildman–Crippen MR) is 93.0 cm³/mol. The van der Waals surface area contributed by atoms with Gasteiger partial charge in [0.1, 0.15) is 5.54 Å². The number of likely N-dealkylation sites (N-methyl/N-ethyl adjacent to an activating group) is 1. The highest BCUT2D eigenvalue weighted by atomic mass is 16.5. The van der Waals surface area contributed by atoms with Crippen LogP contribution in [0.2, 0.25) is 0 Å². The predicted octanol–water partition coefficient (Wildman–Crippen LogP) is -0.0412. The molecule has 2 aromatic heterocycles. The number of aromatic nitrogens is 4. The minimum Gasteiger partial charge on any atom is -0.619 e. The molecule has 140 valence electrons. The summed E-state index contributed by atoms with van der Waals surface area (Å²) < 4.78 is 2.30. The standard InChI is InChI=1S/C18H20N6O3/c1-19-17(26)18(3-2-4-18)21-16(25)14-12-8-10-7-11(10)15(12)24(22-14)13-9-23(27)6-5-20-13/h5-6,9-11H,2-4,7-8H2,1H3,(H,19,26)(H,21,25)/t10-,11-/m1/s1. The van der Waals surface area contributed by atoms with Crippen molar-refractivity contribution in [2.45, 2.75) is 43.6 Å². The van der Waals surface area contributed by atoms with E-state index in [4.69, 9.17) is 0 Å². The Kier molecular flexibility index (Phi) is 3.31. The zero-order chi connectivity index (χ0) is 18.8. The van der Waals surface area contributed by atoms with Gasteiger partial charge in [-0.3, -0.25) is 9.59 Å². The SMILES string of the molecule is CNC(=O)C1(NC(=O)c2nn(-c3c[n+]([O-])ccn3)c3c2C[C@H]2C[C@@H]32)CCC1. The average molecular weight is 368 g/mol. The van der Waals surface area contributed by atoms with E-state index in [1.807, 2.05) is 0 Å². The Morgan fingerprint density at radius 1 is 1.41 bits per heavy atom. The number of rotatable bonds is 4. The van der Waals surface area contributed by atoms with E-state index in [-0.39, 0.29) is 11.8 Å². The molecule has 2 heterocycles. The van der Waals surface area contributed by atoms with E-state index in [9.17, 15) is 14.8 Å². The van der Waals surface area contributed by atoms with Gasteiger partial charge in [-0.05, 0) is 38.0 Å². The third-order valence-electron chi connectivity index (χ3n) is 6.08. The molecule has 2 saturated carbocycles. The molecular formula is C18H20N6O3. The molecule has 3 aliphatic carbocycles. The van der Waals surface area contributed by atoms with Crippen molar-refractivity contribution in [1.82, 2.24) is 25.4 Å². The summed E-state index contributed by atoms with van der Waals surface area (Å²) in [7, 11) is 1.58. The first-order valence-corrected chi connectivity index (χ1v) is 9.24. The molecule has 0 aromatic carbocycles. The van der Waals surface area contributed by atoms with Crippen molar-refractivity contribution < 1.29 is 14.3 Å². The van der Waals surface area contributed by atoms with Gasteiger partial charge in [-0.2, -0.15) is 9.83 Å². The van der Waals surface area contributed by atoms with Crippen molar-refractivity contribution >= 4 is 11.8 Å². The minimum absolute atomic E-state index is 0.168. The summed E-state index contributed by atoms with van der Waals surface area (Å²) in [5, 5.41) is 21.7. The van der Waals surface area contributed by atoms with Crippen molar-refractivity contribution in [3.63, 3.8) is 0 Å². The van der Waals surface area contributed by atoms with Gasteiger partial charge >= 0.3 is 0 Å². The smallest absolute Gasteiger partial charge is 0.272 e. The lowest BCUT2D eigenvalue weighted by molar-refractivity contribution is -0.605. The van der Waals surface area contributed by atoms with Crippen LogP contribution >= 0.6 is 0 Å². The van der Waals surface area contributed by atoms with E-state index >= 15 is 0 Å². The highest BCUT2D eigenvalue weighted by Crippen LogP contribution is 2.57. The molecule has 3 aliphatic rings. The second-order valence-corrected chi connectivity index (χ2v) is 7.67. The number of nitrogens with zero attached hydrogens (tertiary/aromatic N) is 4. The number of fused-ring (bicyclic) bond motifs is 3. The van der Waals surface area contributed by atoms with Crippen LogP contribution in [0.3, 0.4) is 0 Å². The molecule has 0 spiro atoms. The van der Waals surface area contributed by atoms with Gasteiger partial charge in [0, 0.05) is 18.5 Å². The molecule has 0 saturated heterocycles. The molecule has 9 nitrogen and oxygen atoms in total. The molecule has 0 aliphatic heterocycles. The number of amides is 2. The molecule has 2 aromatic rings. The number of hydrogen-bond acceptors (Lipinski definition) is 5. The Morgan fingerprint density at radius 3 is 2.89 bits per heavy atom. The normalized spacial score (nSPS) is 23.7. The van der Waals surface area contributed by atoms with Crippen molar-refractivity contribution in [2.75, 3.05) is 7.05 Å². The van der Waals surface area contributed by atoms with E-state index in [0.717, 1.165) is 30.5 Å². The van der Waals surface area contributed by atoms with E-state index < -0.39 is 5.54 Å². The zero-order valence-corrected chi connectivity index (χ0v) is 14.9. The van der Waals surface area contributed by atoms with Crippen LogP contribution in [0, 0.1) is 11.1 Å². The fraction of sp³-hybridized carbons (Fsp3) is 0.500. The van der Waals surface area contributed by atoms with Crippen molar-refractivity contribution in [3.8, 4) is 5.82 Å². The second kappa shape index (κ2) is 5.51. The van der Waals surface area contributed by atoms with Gasteiger partial charge in [0.25, 0.3) is 5.91 Å². The molecule has 5 rings (SSSR count). The Labute approximate surface area is 155 Å². The first-order valence-electron chi connectivity index (χ1n) is 9.24. The summed E-state index contributed by atoms with van der Waals surface area (Å²) >= 11 is 0. The number of nitrogens with one attached hydrogen (secondary N) is 2. The van der Waals surface area contributed by atoms with Crippen LogP contribution < -0.4 is 15.4 Å². The van der Waals surface area contributed by atoms with E-state index in [1.165, 1.54) is 18.6 Å². The summed E-state index contributed by atoms with van der Waals surface area (Å²) in [6.45, 7) is 0. The maximum atomic E-state index is 13.0. The molecule has 0 bridgehead atoms. The van der Waals surface area contributed by atoms with Crippen molar-refractivity contribution in [3.05, 3.63) is 40.7 Å². The number of hydrogen-bond donors (Lipinski definition) is 2. The van der Waals surface area contributed by atoms with Crippen LogP contribution in [-0.2, 0) is 11.2 Å². The topological polar surface area (TPSA) is 116 Å². The van der Waals surface area contributed by atoms with Gasteiger partial charge in [-0.25, -0.2) is 9.67 Å². The first kappa shape index (κ1) is 16.2. The van der Waals surface area contributed by atoms with Crippen LogP contribution in [0.25, 0.3) is 5.82 Å². The maximum absolute atomic E-state index is 13.0. The van der Waals surface area contributed by atoms with E-state index in [1.54, 1.807) is 11.7 Å². The largest absolute Gasteiger partial charge is 0.619 e. The molecule has 2 atom stereocenters. The van der Waals surface area contributed by atoms with Gasteiger partial charge in [0.05, 0.1) is 11.9 Å². The monoisotopic (exact) mass is 368 g/mol. The van der Waals surface area contributed by atoms with Crippen molar-refractivity contribution in [2.24, 2.45) is 5.92 Å². The van der Waals surface area contributed by atoms with Crippen LogP contribution in [-0.4, -0.2) is 39.2 Å². The van der Waals surface area contributed by atoms with Gasteiger partial charge < -0.3 is 15.8 Å². The highest BCUT2D eigenvalue weighted by Gasteiger charge is 2.51. The lowest BCUT2D eigenvalue weighted by atomic mass is 9.75. The Morgan fingerprint density at radius 2 is 2.22 bits per heavy atom. The van der Waals surface area contributed by atoms with Gasteiger partial charge in [-0.1, -0.05) is 0 Å². The Hall–Kier alpha value is -2.97. The van der Waals surface area contributed by atoms with Gasteiger partial charge in [0.15, 0.2) is 11.9 Å². The van der Waals surface area contributed by atoms with E-state index in [2.05, 4.69) is 20.7 Å². The third kappa shape index (κ3) is 2.34. The number of carbonyl (C=O) groups excluding carboxylic acids is 2. The molecule has 2 amide bonds. The molecule has 2 N–H and O–H groups in total. The first-order chi connectivity index (χ1) is 13.0. The zero-order valence-electron chi connectivity index (χ0n) is 14.9. The fourth-order valence-electron chi connectivity index (χ4n) is 4.40. The van der Waals surface area contributed by atoms with Gasteiger partial charge in [-0.15, -0.1) is 0 Å². The molecule has 9 heteroatoms. The summed E-state index contributed by atoms with van der Waals surface area (Å²) in [6.07, 6.45) is 8.12. The summed E-state index contributed by atoms with van der Waals surface area (Å²) in [5.41, 5.74) is 1.40.